The molecule has 13 heavy (non-hydrogen) atoms. The maximum atomic E-state index is 9.67. The van der Waals surface area contributed by atoms with Gasteiger partial charge in [-0.15, -0.1) is 0 Å². The average Bonchev–Trinajstić information content (AvgIpc) is 1.95. The predicted octanol–water partition coefficient (Wildman–Crippen LogP) is 3.65. The van der Waals surface area contributed by atoms with Crippen molar-refractivity contribution in [2.24, 2.45) is 0 Å². The smallest absolute Gasteiger partial charge is 0.120 e. The Bertz CT molecular complexity index is 324. The van der Waals surface area contributed by atoms with Crippen molar-refractivity contribution in [3.63, 3.8) is 0 Å². The van der Waals surface area contributed by atoms with Crippen LogP contribution in [0.15, 0.2) is 12.1 Å². The summed E-state index contributed by atoms with van der Waals surface area (Å²) in [5.41, 5.74) is 1.71. The van der Waals surface area contributed by atoms with Gasteiger partial charge in [0.1, 0.15) is 5.75 Å². The number of aryl methyl sites for hydroxylation is 1. The second-order valence-corrected chi connectivity index (χ2v) is 4.72. The lowest BCUT2D eigenvalue weighted by Crippen LogP contribution is -2.12. The van der Waals surface area contributed by atoms with Crippen LogP contribution in [0.2, 0.25) is 5.02 Å². The molecular weight excluding hydrogens is 184 g/mol. The first-order valence-corrected chi connectivity index (χ1v) is 4.70. The Balaban J connectivity index is 3.43. The molecule has 1 rings (SSSR count). The molecule has 0 unspecified atom stereocenters. The quantitative estimate of drug-likeness (QED) is 0.675. The summed E-state index contributed by atoms with van der Waals surface area (Å²) < 4.78 is 0. The molecule has 0 saturated heterocycles. The second kappa shape index (κ2) is 3.22. The van der Waals surface area contributed by atoms with E-state index in [9.17, 15) is 5.11 Å². The van der Waals surface area contributed by atoms with Crippen molar-refractivity contribution in [1.82, 2.24) is 0 Å². The molecule has 0 bridgehead atoms. The molecule has 2 heteroatoms. The predicted molar refractivity (Wildman–Crippen MR) is 56.6 cm³/mol. The van der Waals surface area contributed by atoms with Gasteiger partial charge in [0.25, 0.3) is 0 Å². The highest BCUT2D eigenvalue weighted by Crippen LogP contribution is 2.37. The molecular formula is C11H15ClO. The minimum atomic E-state index is -0.118. The molecule has 0 aliphatic heterocycles. The van der Waals surface area contributed by atoms with Crippen LogP contribution in [-0.4, -0.2) is 5.11 Å². The normalized spacial score (nSPS) is 11.8. The summed E-state index contributed by atoms with van der Waals surface area (Å²) >= 11 is 6.12. The highest BCUT2D eigenvalue weighted by molar-refractivity contribution is 6.32. The van der Waals surface area contributed by atoms with Crippen LogP contribution in [0.3, 0.4) is 0 Å². The number of hydrogen-bond acceptors (Lipinski definition) is 1. The summed E-state index contributed by atoms with van der Waals surface area (Å²) in [6.07, 6.45) is 0. The van der Waals surface area contributed by atoms with E-state index in [4.69, 9.17) is 11.6 Å². The molecule has 1 nitrogen and oxygen atoms in total. The van der Waals surface area contributed by atoms with Crippen LogP contribution >= 0.6 is 11.6 Å². The lowest BCUT2D eigenvalue weighted by Gasteiger charge is -2.22. The first kappa shape index (κ1) is 10.4. The van der Waals surface area contributed by atoms with Crippen molar-refractivity contribution in [3.8, 4) is 5.75 Å². The number of halogens is 1. The minimum absolute atomic E-state index is 0.118. The molecule has 0 fully saturated rings. The molecule has 0 amide bonds. The van der Waals surface area contributed by atoms with Gasteiger partial charge in [-0.1, -0.05) is 38.4 Å². The van der Waals surface area contributed by atoms with Crippen molar-refractivity contribution in [2.75, 3.05) is 0 Å². The third kappa shape index (κ3) is 1.97. The largest absolute Gasteiger partial charge is 0.508 e. The van der Waals surface area contributed by atoms with Gasteiger partial charge in [-0.3, -0.25) is 0 Å². The fraction of sp³-hybridized carbons (Fsp3) is 0.455. The van der Waals surface area contributed by atoms with Gasteiger partial charge in [-0.25, -0.2) is 0 Å². The topological polar surface area (TPSA) is 20.2 Å². The molecule has 1 N–H and O–H groups in total. The molecule has 0 heterocycles. The first-order chi connectivity index (χ1) is 5.84. The van der Waals surface area contributed by atoms with Crippen LogP contribution in [0.4, 0.5) is 0 Å². The van der Waals surface area contributed by atoms with Crippen LogP contribution in [-0.2, 0) is 5.41 Å². The Morgan fingerprint density at radius 1 is 1.23 bits per heavy atom. The molecule has 72 valence electrons. The Labute approximate surface area is 84.4 Å². The van der Waals surface area contributed by atoms with Crippen molar-refractivity contribution < 1.29 is 5.11 Å². The van der Waals surface area contributed by atoms with Gasteiger partial charge < -0.3 is 5.11 Å². The van der Waals surface area contributed by atoms with Gasteiger partial charge in [0.15, 0.2) is 0 Å². The van der Waals surface area contributed by atoms with Crippen molar-refractivity contribution in [3.05, 3.63) is 28.3 Å². The van der Waals surface area contributed by atoms with E-state index in [2.05, 4.69) is 0 Å². The second-order valence-electron chi connectivity index (χ2n) is 4.34. The van der Waals surface area contributed by atoms with Crippen LogP contribution in [0.25, 0.3) is 0 Å². The van der Waals surface area contributed by atoms with E-state index < -0.39 is 0 Å². The molecule has 0 radical (unpaired) electrons. The summed E-state index contributed by atoms with van der Waals surface area (Å²) in [5, 5.41) is 10.3. The van der Waals surface area contributed by atoms with Crippen LogP contribution in [0.1, 0.15) is 31.9 Å². The standard InChI is InChI=1S/C11H15ClO/c1-7-5-6-8(13)9(10(7)12)11(2,3)4/h5-6,13H,1-4H3. The SMILES string of the molecule is Cc1ccc(O)c(C(C)(C)C)c1Cl. The van der Waals surface area contributed by atoms with E-state index in [-0.39, 0.29) is 11.2 Å². The summed E-state index contributed by atoms with van der Waals surface area (Å²) in [7, 11) is 0. The van der Waals surface area contributed by atoms with Crippen LogP contribution < -0.4 is 0 Å². The third-order valence-electron chi connectivity index (χ3n) is 2.06. The summed E-state index contributed by atoms with van der Waals surface area (Å²) in [6.45, 7) is 8.05. The van der Waals surface area contributed by atoms with Gasteiger partial charge in [0.05, 0.1) is 5.02 Å². The van der Waals surface area contributed by atoms with E-state index in [1.165, 1.54) is 0 Å². The molecule has 0 aliphatic carbocycles. The van der Waals surface area contributed by atoms with E-state index in [0.29, 0.717) is 5.02 Å². The third-order valence-corrected chi connectivity index (χ3v) is 2.55. The highest BCUT2D eigenvalue weighted by atomic mass is 35.5. The van der Waals surface area contributed by atoms with Gasteiger partial charge in [0.2, 0.25) is 0 Å². The average molecular weight is 199 g/mol. The fourth-order valence-corrected chi connectivity index (χ4v) is 1.83. The number of rotatable bonds is 0. The summed E-state index contributed by atoms with van der Waals surface area (Å²) in [4.78, 5) is 0. The van der Waals surface area contributed by atoms with Crippen LogP contribution in [0, 0.1) is 6.92 Å². The van der Waals surface area contributed by atoms with E-state index >= 15 is 0 Å². The molecule has 1 aromatic rings. The fourth-order valence-electron chi connectivity index (χ4n) is 1.38. The van der Waals surface area contributed by atoms with Gasteiger partial charge in [0, 0.05) is 5.56 Å². The molecule has 0 aliphatic rings. The molecule has 1 aromatic carbocycles. The number of phenols is 1. The van der Waals surface area contributed by atoms with Crippen LogP contribution in [0.5, 0.6) is 5.75 Å². The van der Waals surface area contributed by atoms with E-state index in [0.717, 1.165) is 11.1 Å². The Hall–Kier alpha value is -0.690. The van der Waals surface area contributed by atoms with Gasteiger partial charge >= 0.3 is 0 Å². The lowest BCUT2D eigenvalue weighted by atomic mass is 9.85. The zero-order chi connectivity index (χ0) is 10.2. The summed E-state index contributed by atoms with van der Waals surface area (Å²) in [6, 6.07) is 3.52. The monoisotopic (exact) mass is 198 g/mol. The molecule has 0 atom stereocenters. The Morgan fingerprint density at radius 3 is 2.15 bits per heavy atom. The number of phenolic OH excluding ortho intramolecular Hbond substituents is 1. The van der Waals surface area contributed by atoms with Crippen molar-refractivity contribution in [1.29, 1.82) is 0 Å². The molecule has 0 spiro atoms. The Morgan fingerprint density at radius 2 is 1.77 bits per heavy atom. The number of benzene rings is 1. The minimum Gasteiger partial charge on any atom is -0.508 e. The maximum absolute atomic E-state index is 9.67. The number of hydrogen-bond donors (Lipinski definition) is 1. The van der Waals surface area contributed by atoms with E-state index in [1.807, 2.05) is 33.8 Å². The lowest BCUT2D eigenvalue weighted by molar-refractivity contribution is 0.446. The highest BCUT2D eigenvalue weighted by Gasteiger charge is 2.22. The van der Waals surface area contributed by atoms with E-state index in [1.54, 1.807) is 6.07 Å². The maximum Gasteiger partial charge on any atom is 0.120 e. The van der Waals surface area contributed by atoms with Crippen molar-refractivity contribution in [2.45, 2.75) is 33.1 Å². The zero-order valence-corrected chi connectivity index (χ0v) is 9.24. The van der Waals surface area contributed by atoms with Gasteiger partial charge in [-0.2, -0.15) is 0 Å². The van der Waals surface area contributed by atoms with Gasteiger partial charge in [-0.05, 0) is 24.0 Å². The zero-order valence-electron chi connectivity index (χ0n) is 8.48. The Kier molecular flexibility index (Phi) is 2.58. The number of aromatic hydroxyl groups is 1. The molecule has 0 aromatic heterocycles. The van der Waals surface area contributed by atoms with Crippen molar-refractivity contribution >= 4 is 11.6 Å². The molecule has 0 saturated carbocycles. The first-order valence-electron chi connectivity index (χ1n) is 4.32. The summed E-state index contributed by atoms with van der Waals surface area (Å²) in [5.74, 6) is 0.281.